The van der Waals surface area contributed by atoms with Crippen molar-refractivity contribution in [1.29, 1.82) is 0 Å². The molecule has 0 saturated heterocycles. The molecule has 2 aliphatic rings. The van der Waals surface area contributed by atoms with E-state index in [-0.39, 0.29) is 11.8 Å². The lowest BCUT2D eigenvalue weighted by atomic mass is 9.97. The van der Waals surface area contributed by atoms with E-state index in [1.807, 2.05) is 61.2 Å². The van der Waals surface area contributed by atoms with Crippen molar-refractivity contribution in [1.82, 2.24) is 0 Å². The minimum atomic E-state index is -0.417. The second kappa shape index (κ2) is 7.20. The van der Waals surface area contributed by atoms with Crippen LogP contribution in [0.15, 0.2) is 72.4 Å². The predicted molar refractivity (Wildman–Crippen MR) is 119 cm³/mol. The molecule has 5 heteroatoms. The molecule has 4 nitrogen and oxygen atoms in total. The van der Waals surface area contributed by atoms with Crippen LogP contribution in [0.3, 0.4) is 0 Å². The van der Waals surface area contributed by atoms with E-state index in [9.17, 15) is 14.0 Å². The standard InChI is InChI=1S/C26H21FN2O2/c1-16-7-12-21(17(2)15-16)23-24(28-14-13-18-5-3-4-6-22(18)28)26(31)29(25(23)30)20-10-8-19(27)9-11-20/h3-12,15H,13-14H2,1-2H3. The van der Waals surface area contributed by atoms with E-state index >= 15 is 0 Å². The van der Waals surface area contributed by atoms with Gasteiger partial charge in [-0.2, -0.15) is 0 Å². The van der Waals surface area contributed by atoms with Crippen LogP contribution in [0.25, 0.3) is 5.57 Å². The van der Waals surface area contributed by atoms with Crippen molar-refractivity contribution in [2.24, 2.45) is 0 Å². The number of imide groups is 1. The van der Waals surface area contributed by atoms with Gasteiger partial charge in [-0.3, -0.25) is 9.59 Å². The molecule has 2 amide bonds. The maximum Gasteiger partial charge on any atom is 0.282 e. The number of benzene rings is 3. The number of aryl methyl sites for hydroxylation is 2. The van der Waals surface area contributed by atoms with Gasteiger partial charge in [0.15, 0.2) is 0 Å². The molecule has 0 radical (unpaired) electrons. The van der Waals surface area contributed by atoms with E-state index in [1.54, 1.807) is 0 Å². The van der Waals surface area contributed by atoms with Crippen LogP contribution in [0.2, 0.25) is 0 Å². The lowest BCUT2D eigenvalue weighted by Crippen LogP contribution is -2.34. The smallest absolute Gasteiger partial charge is 0.282 e. The second-order valence-corrected chi connectivity index (χ2v) is 7.99. The summed E-state index contributed by atoms with van der Waals surface area (Å²) in [4.78, 5) is 30.4. The van der Waals surface area contributed by atoms with Gasteiger partial charge in [-0.05, 0) is 67.3 Å². The Hall–Kier alpha value is -3.73. The Balaban J connectivity index is 1.71. The molecule has 0 fully saturated rings. The number of carbonyl (C=O) groups is 2. The topological polar surface area (TPSA) is 40.6 Å². The summed E-state index contributed by atoms with van der Waals surface area (Å²) in [5.74, 6) is -1.19. The molecule has 3 aromatic carbocycles. The number of halogens is 1. The molecule has 3 aromatic rings. The van der Waals surface area contributed by atoms with Crippen molar-refractivity contribution in [2.75, 3.05) is 16.3 Å². The Bertz CT molecular complexity index is 1260. The molecule has 0 aromatic heterocycles. The molecule has 0 atom stereocenters. The minimum Gasteiger partial charge on any atom is -0.336 e. The first-order valence-electron chi connectivity index (χ1n) is 10.3. The fourth-order valence-corrected chi connectivity index (χ4v) is 4.50. The van der Waals surface area contributed by atoms with E-state index in [0.717, 1.165) is 39.3 Å². The number of hydrogen-bond donors (Lipinski definition) is 0. The van der Waals surface area contributed by atoms with Gasteiger partial charge >= 0.3 is 0 Å². The maximum atomic E-state index is 13.7. The molecule has 0 saturated carbocycles. The third-order valence-electron chi connectivity index (χ3n) is 5.95. The van der Waals surface area contributed by atoms with Gasteiger partial charge in [-0.15, -0.1) is 0 Å². The fraction of sp³-hybridized carbons (Fsp3) is 0.154. The number of nitrogens with zero attached hydrogens (tertiary/aromatic N) is 2. The largest absolute Gasteiger partial charge is 0.336 e. The molecule has 31 heavy (non-hydrogen) atoms. The lowest BCUT2D eigenvalue weighted by Gasteiger charge is -2.22. The quantitative estimate of drug-likeness (QED) is 0.581. The number of para-hydroxylation sites is 1. The highest BCUT2D eigenvalue weighted by atomic mass is 19.1. The van der Waals surface area contributed by atoms with E-state index in [1.165, 1.54) is 24.3 Å². The molecule has 5 rings (SSSR count). The van der Waals surface area contributed by atoms with Crippen LogP contribution < -0.4 is 9.80 Å². The Morgan fingerprint density at radius 3 is 2.35 bits per heavy atom. The SMILES string of the molecule is Cc1ccc(C2=C(N3CCc4ccccc43)C(=O)N(c3ccc(F)cc3)C2=O)c(C)c1. The first kappa shape index (κ1) is 19.2. The zero-order chi connectivity index (χ0) is 21.7. The fourth-order valence-electron chi connectivity index (χ4n) is 4.50. The van der Waals surface area contributed by atoms with E-state index in [0.29, 0.717) is 23.5 Å². The van der Waals surface area contributed by atoms with Gasteiger partial charge in [-0.1, -0.05) is 42.0 Å². The van der Waals surface area contributed by atoms with Crippen molar-refractivity contribution in [3.63, 3.8) is 0 Å². The third-order valence-corrected chi connectivity index (χ3v) is 5.95. The number of fused-ring (bicyclic) bond motifs is 1. The molecule has 0 N–H and O–H groups in total. The van der Waals surface area contributed by atoms with Crippen LogP contribution in [0.1, 0.15) is 22.3 Å². The first-order chi connectivity index (χ1) is 15.0. The monoisotopic (exact) mass is 412 g/mol. The number of rotatable bonds is 3. The van der Waals surface area contributed by atoms with Gasteiger partial charge in [0.25, 0.3) is 11.8 Å². The average molecular weight is 412 g/mol. The second-order valence-electron chi connectivity index (χ2n) is 7.99. The van der Waals surface area contributed by atoms with Crippen molar-refractivity contribution in [3.8, 4) is 0 Å². The molecular weight excluding hydrogens is 391 g/mol. The van der Waals surface area contributed by atoms with Gasteiger partial charge < -0.3 is 4.90 Å². The van der Waals surface area contributed by atoms with Crippen molar-refractivity contribution < 1.29 is 14.0 Å². The van der Waals surface area contributed by atoms with Crippen LogP contribution in [0.5, 0.6) is 0 Å². The summed E-state index contributed by atoms with van der Waals surface area (Å²) in [5, 5.41) is 0. The Labute approximate surface area is 180 Å². The third kappa shape index (κ3) is 3.05. The van der Waals surface area contributed by atoms with Crippen LogP contribution in [-0.4, -0.2) is 18.4 Å². The van der Waals surface area contributed by atoms with Gasteiger partial charge in [-0.25, -0.2) is 9.29 Å². The highest BCUT2D eigenvalue weighted by molar-refractivity contribution is 6.46. The summed E-state index contributed by atoms with van der Waals surface area (Å²) in [6, 6.07) is 19.3. The van der Waals surface area contributed by atoms with Gasteiger partial charge in [0, 0.05) is 12.2 Å². The summed E-state index contributed by atoms with van der Waals surface area (Å²) in [6.45, 7) is 4.57. The molecule has 2 aliphatic heterocycles. The summed E-state index contributed by atoms with van der Waals surface area (Å²) < 4.78 is 13.5. The highest BCUT2D eigenvalue weighted by Gasteiger charge is 2.44. The molecule has 154 valence electrons. The number of carbonyl (C=O) groups excluding carboxylic acids is 2. The Morgan fingerprint density at radius 2 is 1.61 bits per heavy atom. The summed E-state index contributed by atoms with van der Waals surface area (Å²) in [5.41, 5.74) is 5.99. The first-order valence-corrected chi connectivity index (χ1v) is 10.3. The normalized spacial score (nSPS) is 15.8. The van der Waals surface area contributed by atoms with E-state index in [4.69, 9.17) is 0 Å². The van der Waals surface area contributed by atoms with Gasteiger partial charge in [0.2, 0.25) is 0 Å². The van der Waals surface area contributed by atoms with Crippen molar-refractivity contribution >= 4 is 28.8 Å². The number of amides is 2. The van der Waals surface area contributed by atoms with Crippen LogP contribution in [-0.2, 0) is 16.0 Å². The summed E-state index contributed by atoms with van der Waals surface area (Å²) in [6.07, 6.45) is 0.803. The minimum absolute atomic E-state index is 0.362. The van der Waals surface area contributed by atoms with Crippen LogP contribution >= 0.6 is 0 Å². The number of anilines is 2. The van der Waals surface area contributed by atoms with E-state index < -0.39 is 5.82 Å². The zero-order valence-corrected chi connectivity index (χ0v) is 17.4. The molecule has 0 bridgehead atoms. The molecule has 0 unspecified atom stereocenters. The van der Waals surface area contributed by atoms with Gasteiger partial charge in [0.05, 0.1) is 11.3 Å². The maximum absolute atomic E-state index is 13.7. The van der Waals surface area contributed by atoms with Gasteiger partial charge in [0.1, 0.15) is 11.5 Å². The van der Waals surface area contributed by atoms with Crippen LogP contribution in [0, 0.1) is 19.7 Å². The molecular formula is C26H21FN2O2. The Kier molecular flexibility index (Phi) is 4.47. The van der Waals surface area contributed by atoms with Crippen molar-refractivity contribution in [3.05, 3.63) is 100 Å². The van der Waals surface area contributed by atoms with Crippen molar-refractivity contribution in [2.45, 2.75) is 20.3 Å². The Morgan fingerprint density at radius 1 is 0.871 bits per heavy atom. The highest BCUT2D eigenvalue weighted by Crippen LogP contribution is 2.40. The summed E-state index contributed by atoms with van der Waals surface area (Å²) >= 11 is 0. The lowest BCUT2D eigenvalue weighted by molar-refractivity contribution is -0.120. The average Bonchev–Trinajstić information content (AvgIpc) is 3.27. The summed E-state index contributed by atoms with van der Waals surface area (Å²) in [7, 11) is 0. The molecule has 2 heterocycles. The van der Waals surface area contributed by atoms with E-state index in [2.05, 4.69) is 0 Å². The predicted octanol–water partition coefficient (Wildman–Crippen LogP) is 4.79. The van der Waals surface area contributed by atoms with Crippen LogP contribution in [0.4, 0.5) is 15.8 Å². The molecule has 0 spiro atoms. The zero-order valence-electron chi connectivity index (χ0n) is 17.4. The molecule has 0 aliphatic carbocycles. The number of hydrogen-bond acceptors (Lipinski definition) is 3.